The van der Waals surface area contributed by atoms with Crippen LogP contribution in [0.3, 0.4) is 0 Å². The lowest BCUT2D eigenvalue weighted by Crippen LogP contribution is -2.06. The molecular formula is C26H26N2OS. The number of carbonyl (C=O) groups is 1. The molecule has 0 saturated carbocycles. The van der Waals surface area contributed by atoms with Crippen LogP contribution in [0.4, 0.5) is 0 Å². The summed E-state index contributed by atoms with van der Waals surface area (Å²) in [5, 5.41) is 2.05. The molecule has 4 aromatic rings. The van der Waals surface area contributed by atoms with Gasteiger partial charge in [-0.15, -0.1) is 0 Å². The number of carbonyl (C=O) groups excluding carboxylic acids is 1. The number of rotatable bonds is 5. The standard InChI is InChI=1S/C26H26N2OS/c1-16-10-11-21(12-17(16)2)28-19(4)14-23(20(28)5)25(29)15-30-26-13-18(3)22-8-6-7-9-24(22)27-26/h6-14H,15H2,1-5H3. The molecule has 4 rings (SSSR count). The Morgan fingerprint density at radius 2 is 1.67 bits per heavy atom. The first-order valence-electron chi connectivity index (χ1n) is 10.1. The minimum absolute atomic E-state index is 0.135. The third-order valence-corrected chi connectivity index (χ3v) is 6.64. The van der Waals surface area contributed by atoms with E-state index in [2.05, 4.69) is 62.6 Å². The molecule has 0 atom stereocenters. The summed E-state index contributed by atoms with van der Waals surface area (Å²) < 4.78 is 2.17. The molecule has 0 bridgehead atoms. The summed E-state index contributed by atoms with van der Waals surface area (Å²) in [6, 6.07) is 18.6. The van der Waals surface area contributed by atoms with Crippen molar-refractivity contribution in [2.75, 3.05) is 5.75 Å². The Hall–Kier alpha value is -2.85. The minimum atomic E-state index is 0.135. The highest BCUT2D eigenvalue weighted by atomic mass is 32.2. The van der Waals surface area contributed by atoms with Gasteiger partial charge >= 0.3 is 0 Å². The van der Waals surface area contributed by atoms with Gasteiger partial charge in [-0.2, -0.15) is 0 Å². The van der Waals surface area contributed by atoms with Crippen molar-refractivity contribution in [2.45, 2.75) is 39.6 Å². The Bertz CT molecular complexity index is 1270. The first kappa shape index (κ1) is 20.4. The number of ketones is 1. The van der Waals surface area contributed by atoms with Crippen molar-refractivity contribution in [3.05, 3.63) is 88.2 Å². The van der Waals surface area contributed by atoms with Gasteiger partial charge in [0, 0.05) is 28.0 Å². The Labute approximate surface area is 182 Å². The number of pyridine rings is 1. The molecular weight excluding hydrogens is 388 g/mol. The molecule has 0 unspecified atom stereocenters. The summed E-state index contributed by atoms with van der Waals surface area (Å²) in [4.78, 5) is 17.8. The summed E-state index contributed by atoms with van der Waals surface area (Å²) in [6.07, 6.45) is 0. The van der Waals surface area contributed by atoms with E-state index < -0.39 is 0 Å². The third-order valence-electron chi connectivity index (χ3n) is 5.73. The zero-order chi connectivity index (χ0) is 21.4. The molecule has 2 aromatic heterocycles. The predicted molar refractivity (Wildman–Crippen MR) is 126 cm³/mol. The molecule has 0 aliphatic heterocycles. The second kappa shape index (κ2) is 8.11. The fourth-order valence-corrected chi connectivity index (χ4v) is 4.77. The van der Waals surface area contributed by atoms with Crippen LogP contribution in [0.15, 0.2) is 59.6 Å². The van der Waals surface area contributed by atoms with Crippen molar-refractivity contribution in [2.24, 2.45) is 0 Å². The summed E-state index contributed by atoms with van der Waals surface area (Å²) in [7, 11) is 0. The zero-order valence-electron chi connectivity index (χ0n) is 18.1. The van der Waals surface area contributed by atoms with Gasteiger partial charge in [0.2, 0.25) is 0 Å². The minimum Gasteiger partial charge on any atom is -0.318 e. The Morgan fingerprint density at radius 3 is 2.43 bits per heavy atom. The van der Waals surface area contributed by atoms with Crippen LogP contribution in [0.2, 0.25) is 0 Å². The quantitative estimate of drug-likeness (QED) is 0.275. The number of thioether (sulfide) groups is 1. The lowest BCUT2D eigenvalue weighted by molar-refractivity contribution is 0.102. The van der Waals surface area contributed by atoms with Gasteiger partial charge in [-0.05, 0) is 81.6 Å². The first-order valence-corrected chi connectivity index (χ1v) is 11.1. The number of aromatic nitrogens is 2. The van der Waals surface area contributed by atoms with E-state index in [-0.39, 0.29) is 5.78 Å². The normalized spacial score (nSPS) is 11.2. The van der Waals surface area contributed by atoms with Gasteiger partial charge in [0.15, 0.2) is 5.78 Å². The second-order valence-corrected chi connectivity index (χ2v) is 8.89. The zero-order valence-corrected chi connectivity index (χ0v) is 18.9. The molecule has 152 valence electrons. The number of hydrogen-bond donors (Lipinski definition) is 0. The lowest BCUT2D eigenvalue weighted by Gasteiger charge is -2.12. The lowest BCUT2D eigenvalue weighted by atomic mass is 10.1. The Kier molecular flexibility index (Phi) is 5.52. The van der Waals surface area contributed by atoms with Gasteiger partial charge in [0.25, 0.3) is 0 Å². The van der Waals surface area contributed by atoms with Crippen LogP contribution in [0.1, 0.15) is 38.4 Å². The maximum Gasteiger partial charge on any atom is 0.174 e. The van der Waals surface area contributed by atoms with Gasteiger partial charge in [-0.3, -0.25) is 4.79 Å². The van der Waals surface area contributed by atoms with Crippen molar-refractivity contribution in [3.8, 4) is 5.69 Å². The van der Waals surface area contributed by atoms with E-state index in [1.165, 1.54) is 28.5 Å². The summed E-state index contributed by atoms with van der Waals surface area (Å²) in [6.45, 7) is 10.4. The topological polar surface area (TPSA) is 34.9 Å². The molecule has 0 radical (unpaired) electrons. The van der Waals surface area contributed by atoms with Crippen molar-refractivity contribution >= 4 is 28.4 Å². The summed E-state index contributed by atoms with van der Waals surface area (Å²) in [5.74, 6) is 0.512. The van der Waals surface area contributed by atoms with Crippen LogP contribution in [-0.4, -0.2) is 21.1 Å². The van der Waals surface area contributed by atoms with E-state index in [9.17, 15) is 4.79 Å². The predicted octanol–water partition coefficient (Wildman–Crippen LogP) is 6.54. The van der Waals surface area contributed by atoms with Crippen LogP contribution in [0, 0.1) is 34.6 Å². The van der Waals surface area contributed by atoms with Gasteiger partial charge in [-0.25, -0.2) is 4.98 Å². The molecule has 2 heterocycles. The summed E-state index contributed by atoms with van der Waals surface area (Å²) in [5.41, 5.74) is 8.63. The van der Waals surface area contributed by atoms with Crippen LogP contribution in [0.5, 0.6) is 0 Å². The number of Topliss-reactive ketones (excluding diaryl/α,β-unsaturated/α-hetero) is 1. The number of benzene rings is 2. The van der Waals surface area contributed by atoms with Gasteiger partial charge in [0.1, 0.15) is 0 Å². The van der Waals surface area contributed by atoms with Gasteiger partial charge in [-0.1, -0.05) is 36.0 Å². The molecule has 4 heteroatoms. The summed E-state index contributed by atoms with van der Waals surface area (Å²) >= 11 is 1.51. The van der Waals surface area contributed by atoms with E-state index in [1.807, 2.05) is 31.2 Å². The number of fused-ring (bicyclic) bond motifs is 1. The van der Waals surface area contributed by atoms with E-state index >= 15 is 0 Å². The van der Waals surface area contributed by atoms with Crippen LogP contribution in [-0.2, 0) is 0 Å². The number of aryl methyl sites for hydroxylation is 4. The van der Waals surface area contributed by atoms with Crippen molar-refractivity contribution in [1.29, 1.82) is 0 Å². The van der Waals surface area contributed by atoms with E-state index in [0.29, 0.717) is 5.75 Å². The number of para-hydroxylation sites is 1. The fraction of sp³-hybridized carbons (Fsp3) is 0.231. The molecule has 0 amide bonds. The molecule has 0 spiro atoms. The van der Waals surface area contributed by atoms with Crippen molar-refractivity contribution < 1.29 is 4.79 Å². The van der Waals surface area contributed by atoms with Gasteiger partial charge in [0.05, 0.1) is 16.3 Å². The van der Waals surface area contributed by atoms with Crippen molar-refractivity contribution in [3.63, 3.8) is 0 Å². The fourth-order valence-electron chi connectivity index (χ4n) is 3.92. The molecule has 3 nitrogen and oxygen atoms in total. The molecule has 0 aliphatic rings. The second-order valence-electron chi connectivity index (χ2n) is 7.90. The van der Waals surface area contributed by atoms with Crippen LogP contribution >= 0.6 is 11.8 Å². The maximum atomic E-state index is 13.0. The first-order chi connectivity index (χ1) is 14.3. The highest BCUT2D eigenvalue weighted by Crippen LogP contribution is 2.27. The largest absolute Gasteiger partial charge is 0.318 e. The molecule has 0 N–H and O–H groups in total. The van der Waals surface area contributed by atoms with E-state index in [0.717, 1.165) is 38.6 Å². The smallest absolute Gasteiger partial charge is 0.174 e. The van der Waals surface area contributed by atoms with Gasteiger partial charge < -0.3 is 4.57 Å². The molecule has 0 saturated heterocycles. The third kappa shape index (κ3) is 3.80. The Morgan fingerprint density at radius 1 is 0.900 bits per heavy atom. The molecule has 30 heavy (non-hydrogen) atoms. The van der Waals surface area contributed by atoms with E-state index in [1.54, 1.807) is 0 Å². The van der Waals surface area contributed by atoms with Crippen LogP contribution < -0.4 is 0 Å². The van der Waals surface area contributed by atoms with E-state index in [4.69, 9.17) is 4.98 Å². The van der Waals surface area contributed by atoms with Crippen molar-refractivity contribution in [1.82, 2.24) is 9.55 Å². The maximum absolute atomic E-state index is 13.0. The Balaban J connectivity index is 1.58. The molecule has 0 aliphatic carbocycles. The SMILES string of the molecule is Cc1ccc(-n2c(C)cc(C(=O)CSc3cc(C)c4ccccc4n3)c2C)cc1C. The number of hydrogen-bond acceptors (Lipinski definition) is 3. The average Bonchev–Trinajstić information content (AvgIpc) is 3.02. The van der Waals surface area contributed by atoms with Crippen LogP contribution in [0.25, 0.3) is 16.6 Å². The monoisotopic (exact) mass is 414 g/mol. The highest BCUT2D eigenvalue weighted by Gasteiger charge is 2.17. The average molecular weight is 415 g/mol. The molecule has 0 fully saturated rings. The highest BCUT2D eigenvalue weighted by molar-refractivity contribution is 7.99. The number of nitrogens with zero attached hydrogens (tertiary/aromatic N) is 2. The molecule has 2 aromatic carbocycles.